The average Bonchev–Trinajstić information content (AvgIpc) is 3.19. The summed E-state index contributed by atoms with van der Waals surface area (Å²) in [5.74, 6) is -1.59. The molecule has 9 nitrogen and oxygen atoms in total. The number of hydrogen-bond donors (Lipinski definition) is 2. The molecule has 1 aromatic heterocycles. The van der Waals surface area contributed by atoms with Crippen LogP contribution in [0, 0.1) is 5.82 Å². The van der Waals surface area contributed by atoms with E-state index in [1.54, 1.807) is 24.3 Å². The molecule has 0 aliphatic carbocycles. The van der Waals surface area contributed by atoms with Gasteiger partial charge in [-0.15, -0.1) is 0 Å². The first kappa shape index (κ1) is 21.5. The molecule has 0 spiro atoms. The summed E-state index contributed by atoms with van der Waals surface area (Å²) in [4.78, 5) is 35.5. The normalized spacial score (nSPS) is 11.5. The first-order valence-electron chi connectivity index (χ1n) is 9.10. The zero-order chi connectivity index (χ0) is 22.5. The number of esters is 1. The molecule has 0 saturated heterocycles. The second-order valence-corrected chi connectivity index (χ2v) is 6.45. The molecule has 0 aliphatic heterocycles. The number of halogens is 1. The highest BCUT2D eigenvalue weighted by Crippen LogP contribution is 2.27. The Kier molecular flexibility index (Phi) is 6.29. The molecule has 3 rings (SSSR count). The Morgan fingerprint density at radius 3 is 2.52 bits per heavy atom. The highest BCUT2D eigenvalue weighted by atomic mass is 19.1. The van der Waals surface area contributed by atoms with E-state index < -0.39 is 29.8 Å². The molecule has 0 fully saturated rings. The highest BCUT2D eigenvalue weighted by Gasteiger charge is 2.25. The van der Waals surface area contributed by atoms with E-state index in [9.17, 15) is 18.8 Å². The SMILES string of the molecule is COc1cccc(-c2nn(-c3ccc(F)cc3)cc2C(=O)O[C@H](C)C(=O)NC(N)=O)c1. The molecule has 160 valence electrons. The van der Waals surface area contributed by atoms with Crippen LogP contribution in [0.15, 0.2) is 54.7 Å². The Hall–Kier alpha value is -4.21. The molecule has 3 aromatic rings. The summed E-state index contributed by atoms with van der Waals surface area (Å²) in [7, 11) is 1.50. The van der Waals surface area contributed by atoms with Crippen molar-refractivity contribution in [1.82, 2.24) is 15.1 Å². The van der Waals surface area contributed by atoms with Gasteiger partial charge in [0.25, 0.3) is 5.91 Å². The molecule has 1 atom stereocenters. The summed E-state index contributed by atoms with van der Waals surface area (Å²) in [5.41, 5.74) is 6.29. The fourth-order valence-corrected chi connectivity index (χ4v) is 2.73. The van der Waals surface area contributed by atoms with E-state index in [1.807, 2.05) is 5.32 Å². The third kappa shape index (κ3) is 5.04. The molecule has 0 bridgehead atoms. The number of nitrogens with zero attached hydrogens (tertiary/aromatic N) is 2. The van der Waals surface area contributed by atoms with Gasteiger partial charge in [-0.3, -0.25) is 10.1 Å². The number of benzene rings is 2. The topological polar surface area (TPSA) is 126 Å². The first-order valence-corrected chi connectivity index (χ1v) is 9.10. The maximum Gasteiger partial charge on any atom is 0.342 e. The number of methoxy groups -OCH3 is 1. The number of primary amides is 1. The van der Waals surface area contributed by atoms with Gasteiger partial charge >= 0.3 is 12.0 Å². The summed E-state index contributed by atoms with van der Waals surface area (Å²) in [5, 5.41) is 6.29. The number of carbonyl (C=O) groups excluding carboxylic acids is 3. The van der Waals surface area contributed by atoms with Crippen molar-refractivity contribution >= 4 is 17.9 Å². The number of hydrogen-bond acceptors (Lipinski definition) is 6. The van der Waals surface area contributed by atoms with E-state index in [-0.39, 0.29) is 11.3 Å². The lowest BCUT2D eigenvalue weighted by Crippen LogP contribution is -2.42. The lowest BCUT2D eigenvalue weighted by atomic mass is 10.1. The average molecular weight is 426 g/mol. The Labute approximate surface area is 176 Å². The summed E-state index contributed by atoms with van der Waals surface area (Å²) >= 11 is 0. The van der Waals surface area contributed by atoms with Gasteiger partial charge in [0, 0.05) is 11.8 Å². The summed E-state index contributed by atoms with van der Waals surface area (Å²) in [6.45, 7) is 1.30. The van der Waals surface area contributed by atoms with Gasteiger partial charge in [0.1, 0.15) is 22.8 Å². The predicted octanol–water partition coefficient (Wildman–Crippen LogP) is 2.43. The largest absolute Gasteiger partial charge is 0.497 e. The smallest absolute Gasteiger partial charge is 0.342 e. The van der Waals surface area contributed by atoms with E-state index in [4.69, 9.17) is 15.2 Å². The standard InChI is InChI=1S/C21H19FN4O5/c1-12(19(27)24-21(23)29)31-20(28)17-11-26(15-8-6-14(22)7-9-15)25-18(17)13-4-3-5-16(10-13)30-2/h3-12H,1-2H3,(H3,23,24,27,29)/t12-/m1/s1. The van der Waals surface area contributed by atoms with Crippen LogP contribution in [0.2, 0.25) is 0 Å². The predicted molar refractivity (Wildman–Crippen MR) is 108 cm³/mol. The van der Waals surface area contributed by atoms with Gasteiger partial charge in [-0.25, -0.2) is 18.7 Å². The van der Waals surface area contributed by atoms with Crippen molar-refractivity contribution in [3.63, 3.8) is 0 Å². The van der Waals surface area contributed by atoms with Crippen LogP contribution in [0.3, 0.4) is 0 Å². The molecule has 2 aromatic carbocycles. The van der Waals surface area contributed by atoms with Crippen molar-refractivity contribution in [2.45, 2.75) is 13.0 Å². The molecule has 3 N–H and O–H groups in total. The molecule has 0 aliphatic rings. The van der Waals surface area contributed by atoms with Crippen LogP contribution in [-0.2, 0) is 9.53 Å². The minimum absolute atomic E-state index is 0.0521. The van der Waals surface area contributed by atoms with E-state index >= 15 is 0 Å². The van der Waals surface area contributed by atoms with Gasteiger partial charge in [-0.2, -0.15) is 5.10 Å². The van der Waals surface area contributed by atoms with Gasteiger partial charge in [0.05, 0.1) is 12.8 Å². The Morgan fingerprint density at radius 1 is 1.16 bits per heavy atom. The number of ether oxygens (including phenoxy) is 2. The fraction of sp³-hybridized carbons (Fsp3) is 0.143. The van der Waals surface area contributed by atoms with Crippen LogP contribution >= 0.6 is 0 Å². The Bertz CT molecular complexity index is 1130. The van der Waals surface area contributed by atoms with Crippen molar-refractivity contribution in [1.29, 1.82) is 0 Å². The van der Waals surface area contributed by atoms with Gasteiger partial charge in [-0.05, 0) is 43.3 Å². The number of urea groups is 1. The molecule has 1 heterocycles. The summed E-state index contributed by atoms with van der Waals surface area (Å²) < 4.78 is 25.1. The third-order valence-electron chi connectivity index (χ3n) is 4.27. The van der Waals surface area contributed by atoms with Gasteiger partial charge in [-0.1, -0.05) is 12.1 Å². The van der Waals surface area contributed by atoms with Crippen LogP contribution in [0.5, 0.6) is 5.75 Å². The molecule has 31 heavy (non-hydrogen) atoms. The molecule has 3 amide bonds. The van der Waals surface area contributed by atoms with Gasteiger partial charge in [0.15, 0.2) is 6.10 Å². The van der Waals surface area contributed by atoms with E-state index in [0.29, 0.717) is 17.0 Å². The molecule has 0 radical (unpaired) electrons. The lowest BCUT2D eigenvalue weighted by Gasteiger charge is -2.12. The van der Waals surface area contributed by atoms with Crippen LogP contribution in [0.1, 0.15) is 17.3 Å². The number of carbonyl (C=O) groups is 3. The van der Waals surface area contributed by atoms with Crippen molar-refractivity contribution in [2.24, 2.45) is 5.73 Å². The van der Waals surface area contributed by atoms with Gasteiger partial charge in [0.2, 0.25) is 0 Å². The van der Waals surface area contributed by atoms with E-state index in [0.717, 1.165) is 0 Å². The zero-order valence-corrected chi connectivity index (χ0v) is 16.7. The molecular weight excluding hydrogens is 407 g/mol. The van der Waals surface area contributed by atoms with Crippen LogP contribution in [0.25, 0.3) is 16.9 Å². The second kappa shape index (κ2) is 9.08. The third-order valence-corrected chi connectivity index (χ3v) is 4.27. The van der Waals surface area contributed by atoms with Crippen molar-refractivity contribution < 1.29 is 28.2 Å². The Morgan fingerprint density at radius 2 is 1.87 bits per heavy atom. The quantitative estimate of drug-likeness (QED) is 0.583. The minimum atomic E-state index is -1.28. The van der Waals surface area contributed by atoms with Crippen LogP contribution in [0.4, 0.5) is 9.18 Å². The van der Waals surface area contributed by atoms with Gasteiger partial charge < -0.3 is 15.2 Å². The number of nitrogens with one attached hydrogen (secondary N) is 1. The van der Waals surface area contributed by atoms with E-state index in [2.05, 4.69) is 5.10 Å². The highest BCUT2D eigenvalue weighted by molar-refractivity contribution is 6.00. The molecule has 0 saturated carbocycles. The minimum Gasteiger partial charge on any atom is -0.497 e. The number of nitrogens with two attached hydrogens (primary N) is 1. The Balaban J connectivity index is 2.00. The monoisotopic (exact) mass is 426 g/mol. The maximum atomic E-state index is 13.3. The van der Waals surface area contributed by atoms with Crippen molar-refractivity contribution in [3.8, 4) is 22.7 Å². The van der Waals surface area contributed by atoms with Crippen LogP contribution in [-0.4, -0.2) is 40.9 Å². The fourth-order valence-electron chi connectivity index (χ4n) is 2.73. The summed E-state index contributed by atoms with van der Waals surface area (Å²) in [6.07, 6.45) is 0.121. The zero-order valence-electron chi connectivity index (χ0n) is 16.7. The first-order chi connectivity index (χ1) is 14.8. The summed E-state index contributed by atoms with van der Waals surface area (Å²) in [6, 6.07) is 11.3. The van der Waals surface area contributed by atoms with Crippen molar-refractivity contribution in [2.75, 3.05) is 7.11 Å². The lowest BCUT2D eigenvalue weighted by molar-refractivity contribution is -0.127. The maximum absolute atomic E-state index is 13.3. The number of imide groups is 1. The second-order valence-electron chi connectivity index (χ2n) is 6.45. The number of rotatable bonds is 6. The van der Waals surface area contributed by atoms with E-state index in [1.165, 1.54) is 49.2 Å². The van der Waals surface area contributed by atoms with Crippen LogP contribution < -0.4 is 15.8 Å². The number of amides is 3. The molecule has 0 unspecified atom stereocenters. The molecule has 10 heteroatoms. The number of aromatic nitrogens is 2. The molecular formula is C21H19FN4O5. The van der Waals surface area contributed by atoms with Crippen molar-refractivity contribution in [3.05, 3.63) is 66.1 Å².